The van der Waals surface area contributed by atoms with E-state index in [0.29, 0.717) is 10.8 Å². The van der Waals surface area contributed by atoms with Crippen LogP contribution < -0.4 is 0 Å². The SMILES string of the molecule is Cn1cnc(Cn2cc(Cl)cc2C(=O)O)n1. The standard InChI is InChI=1S/C9H9ClN4O2/c1-13-5-11-8(12-13)4-14-3-6(10)2-7(14)9(15)16/h2-3,5H,4H2,1H3,(H,15,16). The van der Waals surface area contributed by atoms with Gasteiger partial charge < -0.3 is 9.67 Å². The molecule has 0 radical (unpaired) electrons. The monoisotopic (exact) mass is 240 g/mol. The molecule has 2 rings (SSSR count). The zero-order valence-corrected chi connectivity index (χ0v) is 9.22. The first-order valence-electron chi connectivity index (χ1n) is 4.50. The fourth-order valence-electron chi connectivity index (χ4n) is 1.39. The van der Waals surface area contributed by atoms with Gasteiger partial charge in [-0.3, -0.25) is 4.68 Å². The smallest absolute Gasteiger partial charge is 0.352 e. The Balaban J connectivity index is 2.30. The number of carboxylic acid groups (broad SMARTS) is 1. The van der Waals surface area contributed by atoms with Crippen LogP contribution in [0.1, 0.15) is 16.3 Å². The number of aromatic carboxylic acids is 1. The predicted molar refractivity (Wildman–Crippen MR) is 56.5 cm³/mol. The molecule has 0 atom stereocenters. The van der Waals surface area contributed by atoms with Gasteiger partial charge in [0.2, 0.25) is 0 Å². The second-order valence-corrected chi connectivity index (χ2v) is 3.75. The van der Waals surface area contributed by atoms with Gasteiger partial charge in [0.15, 0.2) is 5.82 Å². The molecule has 0 saturated carbocycles. The molecule has 1 N–H and O–H groups in total. The molecule has 0 unspecified atom stereocenters. The van der Waals surface area contributed by atoms with E-state index in [1.54, 1.807) is 24.3 Å². The first kappa shape index (κ1) is 10.7. The van der Waals surface area contributed by atoms with Crippen LogP contribution in [0.2, 0.25) is 5.02 Å². The molecule has 0 aliphatic rings. The van der Waals surface area contributed by atoms with Crippen molar-refractivity contribution in [3.05, 3.63) is 35.1 Å². The van der Waals surface area contributed by atoms with Gasteiger partial charge in [0.1, 0.15) is 12.0 Å². The molecule has 2 heterocycles. The maximum absolute atomic E-state index is 10.9. The number of nitrogens with zero attached hydrogens (tertiary/aromatic N) is 4. The molecule has 6 nitrogen and oxygen atoms in total. The summed E-state index contributed by atoms with van der Waals surface area (Å²) < 4.78 is 3.06. The highest BCUT2D eigenvalue weighted by atomic mass is 35.5. The fourth-order valence-corrected chi connectivity index (χ4v) is 1.61. The van der Waals surface area contributed by atoms with E-state index in [1.807, 2.05) is 0 Å². The molecule has 2 aromatic heterocycles. The molecule has 0 fully saturated rings. The Morgan fingerprint density at radius 2 is 2.38 bits per heavy atom. The van der Waals surface area contributed by atoms with Crippen LogP contribution >= 0.6 is 11.6 Å². The minimum absolute atomic E-state index is 0.123. The Bertz CT molecular complexity index is 531. The van der Waals surface area contributed by atoms with Gasteiger partial charge in [-0.05, 0) is 6.07 Å². The van der Waals surface area contributed by atoms with E-state index in [0.717, 1.165) is 0 Å². The van der Waals surface area contributed by atoms with Crippen molar-refractivity contribution in [2.24, 2.45) is 7.05 Å². The van der Waals surface area contributed by atoms with E-state index < -0.39 is 5.97 Å². The Labute approximate surface area is 96.1 Å². The van der Waals surface area contributed by atoms with Gasteiger partial charge >= 0.3 is 5.97 Å². The summed E-state index contributed by atoms with van der Waals surface area (Å²) in [5.41, 5.74) is 0.123. The molecule has 0 spiro atoms. The zero-order chi connectivity index (χ0) is 11.7. The number of hydrogen-bond donors (Lipinski definition) is 1. The molecule has 7 heteroatoms. The second-order valence-electron chi connectivity index (χ2n) is 3.31. The summed E-state index contributed by atoms with van der Waals surface area (Å²) in [6.07, 6.45) is 3.10. The van der Waals surface area contributed by atoms with Crippen LogP contribution in [-0.2, 0) is 13.6 Å². The van der Waals surface area contributed by atoms with E-state index in [1.165, 1.54) is 10.6 Å². The van der Waals surface area contributed by atoms with Crippen LogP contribution in [0, 0.1) is 0 Å². The Kier molecular flexibility index (Phi) is 2.66. The Hall–Kier alpha value is -1.82. The van der Waals surface area contributed by atoms with Crippen molar-refractivity contribution >= 4 is 17.6 Å². The molecule has 0 amide bonds. The lowest BCUT2D eigenvalue weighted by Crippen LogP contribution is -2.09. The van der Waals surface area contributed by atoms with Crippen molar-refractivity contribution in [2.75, 3.05) is 0 Å². The Morgan fingerprint density at radius 3 is 2.94 bits per heavy atom. The van der Waals surface area contributed by atoms with Gasteiger partial charge in [0.25, 0.3) is 0 Å². The lowest BCUT2D eigenvalue weighted by Gasteiger charge is -2.01. The third kappa shape index (κ3) is 2.06. The van der Waals surface area contributed by atoms with Crippen molar-refractivity contribution in [3.8, 4) is 0 Å². The van der Waals surface area contributed by atoms with Crippen molar-refractivity contribution < 1.29 is 9.90 Å². The minimum Gasteiger partial charge on any atom is -0.477 e. The van der Waals surface area contributed by atoms with E-state index in [4.69, 9.17) is 16.7 Å². The minimum atomic E-state index is -1.03. The topological polar surface area (TPSA) is 72.9 Å². The highest BCUT2D eigenvalue weighted by Gasteiger charge is 2.13. The predicted octanol–water partition coefficient (Wildman–Crippen LogP) is 1.02. The third-order valence-electron chi connectivity index (χ3n) is 2.04. The highest BCUT2D eigenvalue weighted by molar-refractivity contribution is 6.30. The van der Waals surface area contributed by atoms with Gasteiger partial charge in [-0.15, -0.1) is 0 Å². The van der Waals surface area contributed by atoms with Crippen LogP contribution in [0.5, 0.6) is 0 Å². The van der Waals surface area contributed by atoms with Crippen molar-refractivity contribution in [1.82, 2.24) is 19.3 Å². The summed E-state index contributed by atoms with van der Waals surface area (Å²) in [6.45, 7) is 0.287. The van der Waals surface area contributed by atoms with Crippen LogP contribution in [0.25, 0.3) is 0 Å². The fraction of sp³-hybridized carbons (Fsp3) is 0.222. The van der Waals surface area contributed by atoms with Crippen molar-refractivity contribution in [3.63, 3.8) is 0 Å². The van der Waals surface area contributed by atoms with Gasteiger partial charge in [0, 0.05) is 13.2 Å². The van der Waals surface area contributed by atoms with E-state index in [2.05, 4.69) is 10.1 Å². The number of rotatable bonds is 3. The zero-order valence-electron chi connectivity index (χ0n) is 8.46. The lowest BCUT2D eigenvalue weighted by atomic mass is 10.4. The number of halogens is 1. The normalized spacial score (nSPS) is 10.6. The number of carbonyl (C=O) groups is 1. The molecule has 2 aromatic rings. The first-order valence-corrected chi connectivity index (χ1v) is 4.87. The van der Waals surface area contributed by atoms with Crippen molar-refractivity contribution in [2.45, 2.75) is 6.54 Å². The molecule has 16 heavy (non-hydrogen) atoms. The average Bonchev–Trinajstić information content (AvgIpc) is 2.74. The van der Waals surface area contributed by atoms with Gasteiger partial charge in [-0.25, -0.2) is 9.78 Å². The molecular weight excluding hydrogens is 232 g/mol. The van der Waals surface area contributed by atoms with E-state index >= 15 is 0 Å². The summed E-state index contributed by atoms with van der Waals surface area (Å²) >= 11 is 5.75. The Morgan fingerprint density at radius 1 is 1.62 bits per heavy atom. The number of aryl methyl sites for hydroxylation is 1. The summed E-state index contributed by atoms with van der Waals surface area (Å²) in [5.74, 6) is -0.486. The molecule has 0 aromatic carbocycles. The molecule has 0 aliphatic carbocycles. The molecule has 84 valence electrons. The van der Waals surface area contributed by atoms with E-state index in [-0.39, 0.29) is 12.2 Å². The quantitative estimate of drug-likeness (QED) is 0.869. The summed E-state index contributed by atoms with van der Waals surface area (Å²) in [4.78, 5) is 14.9. The molecular formula is C9H9ClN4O2. The van der Waals surface area contributed by atoms with Crippen LogP contribution in [0.4, 0.5) is 0 Å². The molecule has 0 bridgehead atoms. The largest absolute Gasteiger partial charge is 0.477 e. The van der Waals surface area contributed by atoms with Crippen LogP contribution in [-0.4, -0.2) is 30.4 Å². The maximum Gasteiger partial charge on any atom is 0.352 e. The lowest BCUT2D eigenvalue weighted by molar-refractivity contribution is 0.0685. The molecule has 0 aliphatic heterocycles. The third-order valence-corrected chi connectivity index (χ3v) is 2.25. The van der Waals surface area contributed by atoms with Crippen LogP contribution in [0.3, 0.4) is 0 Å². The van der Waals surface area contributed by atoms with Gasteiger partial charge in [-0.1, -0.05) is 11.6 Å². The number of aromatic nitrogens is 4. The van der Waals surface area contributed by atoms with Gasteiger partial charge in [-0.2, -0.15) is 5.10 Å². The average molecular weight is 241 g/mol. The highest BCUT2D eigenvalue weighted by Crippen LogP contribution is 2.15. The van der Waals surface area contributed by atoms with E-state index in [9.17, 15) is 4.79 Å². The number of hydrogen-bond acceptors (Lipinski definition) is 3. The van der Waals surface area contributed by atoms with Crippen molar-refractivity contribution in [1.29, 1.82) is 0 Å². The summed E-state index contributed by atoms with van der Waals surface area (Å²) in [6, 6.07) is 1.40. The van der Waals surface area contributed by atoms with Gasteiger partial charge in [0.05, 0.1) is 11.6 Å². The first-order chi connectivity index (χ1) is 7.56. The molecule has 0 saturated heterocycles. The summed E-state index contributed by atoms with van der Waals surface area (Å²) in [7, 11) is 1.75. The summed E-state index contributed by atoms with van der Waals surface area (Å²) in [5, 5.41) is 13.4. The second kappa shape index (κ2) is 3.97. The van der Waals surface area contributed by atoms with Crippen LogP contribution in [0.15, 0.2) is 18.6 Å². The number of carboxylic acids is 1. The maximum atomic E-state index is 10.9.